The molecule has 1 aliphatic carbocycles. The maximum absolute atomic E-state index is 12.7. The van der Waals surface area contributed by atoms with Crippen LogP contribution in [0.5, 0.6) is 5.75 Å². The fraction of sp³-hybridized carbons (Fsp3) is 0.357. The molecule has 1 aromatic heterocycles. The van der Waals surface area contributed by atoms with Crippen LogP contribution < -0.4 is 15.6 Å². The molecule has 186 valence electrons. The molecular weight excluding hydrogens is 456 g/mol. The number of fused-ring (bicyclic) bond motifs is 1. The van der Waals surface area contributed by atoms with E-state index in [9.17, 15) is 14.4 Å². The maximum atomic E-state index is 12.7. The first-order chi connectivity index (χ1) is 17.5. The van der Waals surface area contributed by atoms with E-state index in [1.165, 1.54) is 10.7 Å². The lowest BCUT2D eigenvalue weighted by molar-refractivity contribution is -0.122. The monoisotopic (exact) mass is 486 g/mol. The Morgan fingerprint density at radius 1 is 1.03 bits per heavy atom. The van der Waals surface area contributed by atoms with Crippen molar-refractivity contribution in [1.82, 2.24) is 20.0 Å². The molecule has 0 saturated heterocycles. The van der Waals surface area contributed by atoms with E-state index in [4.69, 9.17) is 4.74 Å². The molecule has 0 radical (unpaired) electrons. The van der Waals surface area contributed by atoms with Gasteiger partial charge >= 0.3 is 0 Å². The van der Waals surface area contributed by atoms with Crippen molar-refractivity contribution in [2.24, 2.45) is 5.92 Å². The highest BCUT2D eigenvalue weighted by atomic mass is 16.5. The number of nitrogens with zero attached hydrogens (tertiary/aromatic N) is 3. The normalized spacial score (nSPS) is 19.1. The molecule has 2 aliphatic rings. The topological polar surface area (TPSA) is 93.5 Å². The van der Waals surface area contributed by atoms with Crippen LogP contribution in [0.4, 0.5) is 0 Å². The van der Waals surface area contributed by atoms with E-state index in [0.717, 1.165) is 48.9 Å². The van der Waals surface area contributed by atoms with E-state index < -0.39 is 0 Å². The van der Waals surface area contributed by atoms with Gasteiger partial charge in [0.1, 0.15) is 12.3 Å². The molecule has 1 aliphatic heterocycles. The van der Waals surface area contributed by atoms with E-state index in [0.29, 0.717) is 23.9 Å². The first kappa shape index (κ1) is 23.8. The Morgan fingerprint density at radius 2 is 1.83 bits per heavy atom. The molecule has 2 aromatic carbocycles. The fourth-order valence-corrected chi connectivity index (χ4v) is 5.17. The van der Waals surface area contributed by atoms with Gasteiger partial charge in [-0.2, -0.15) is 5.10 Å². The molecule has 2 heterocycles. The second-order valence-corrected chi connectivity index (χ2v) is 9.57. The molecular formula is C28H30N4O4. The van der Waals surface area contributed by atoms with Crippen LogP contribution in [0.2, 0.25) is 0 Å². The van der Waals surface area contributed by atoms with Crippen LogP contribution in [0.25, 0.3) is 11.3 Å². The van der Waals surface area contributed by atoms with Gasteiger partial charge in [-0.3, -0.25) is 14.4 Å². The number of rotatable bonds is 7. The molecule has 1 fully saturated rings. The zero-order valence-electron chi connectivity index (χ0n) is 20.4. The van der Waals surface area contributed by atoms with Gasteiger partial charge in [-0.15, -0.1) is 0 Å². The summed E-state index contributed by atoms with van der Waals surface area (Å²) in [6.45, 7) is 1.31. The Morgan fingerprint density at radius 3 is 2.61 bits per heavy atom. The molecule has 0 spiro atoms. The standard InChI is InChI=1S/C28H30N4O4/c1-36-23-7-4-6-20(15-23)25-13-14-27(34)32(30-25)18-26(33)29-22-11-9-19(10-12-22)16-31-17-21-5-2-3-8-24(21)28(31)35/h2-8,13-15,19,22H,9-12,16-18H2,1H3,(H,29,33). The summed E-state index contributed by atoms with van der Waals surface area (Å²) >= 11 is 0. The zero-order chi connectivity index (χ0) is 25.1. The van der Waals surface area contributed by atoms with Crippen LogP contribution in [-0.2, 0) is 17.9 Å². The molecule has 1 N–H and O–H groups in total. The molecule has 0 atom stereocenters. The Kier molecular flexibility index (Phi) is 6.84. The number of benzene rings is 2. The third-order valence-electron chi connectivity index (χ3n) is 7.11. The van der Waals surface area contributed by atoms with Gasteiger partial charge in [0.15, 0.2) is 0 Å². The third-order valence-corrected chi connectivity index (χ3v) is 7.11. The van der Waals surface area contributed by atoms with Gasteiger partial charge in [0.2, 0.25) is 5.91 Å². The average Bonchev–Trinajstić information content (AvgIpc) is 3.21. The van der Waals surface area contributed by atoms with Gasteiger partial charge < -0.3 is 15.0 Å². The summed E-state index contributed by atoms with van der Waals surface area (Å²) in [4.78, 5) is 39.7. The summed E-state index contributed by atoms with van der Waals surface area (Å²) in [5.74, 6) is 1.02. The van der Waals surface area contributed by atoms with Crippen LogP contribution in [0, 0.1) is 5.92 Å². The van der Waals surface area contributed by atoms with Gasteiger partial charge in [0, 0.05) is 36.3 Å². The summed E-state index contributed by atoms with van der Waals surface area (Å²) in [6, 6.07) is 18.4. The largest absolute Gasteiger partial charge is 0.497 e. The number of methoxy groups -OCH3 is 1. The van der Waals surface area contributed by atoms with Crippen molar-refractivity contribution in [3.8, 4) is 17.0 Å². The smallest absolute Gasteiger partial charge is 0.267 e. The molecule has 2 amide bonds. The quantitative estimate of drug-likeness (QED) is 0.553. The highest BCUT2D eigenvalue weighted by Crippen LogP contribution is 2.29. The Bertz CT molecular complexity index is 1330. The fourth-order valence-electron chi connectivity index (χ4n) is 5.17. The number of hydrogen-bond donors (Lipinski definition) is 1. The number of aromatic nitrogens is 2. The summed E-state index contributed by atoms with van der Waals surface area (Å²) in [5, 5.41) is 7.46. The first-order valence-electron chi connectivity index (χ1n) is 12.4. The van der Waals surface area contributed by atoms with Crippen molar-refractivity contribution < 1.29 is 14.3 Å². The molecule has 3 aromatic rings. The predicted octanol–water partition coefficient (Wildman–Crippen LogP) is 3.25. The van der Waals surface area contributed by atoms with Crippen LogP contribution in [0.15, 0.2) is 65.5 Å². The molecule has 5 rings (SSSR count). The number of ether oxygens (including phenoxy) is 1. The number of hydrogen-bond acceptors (Lipinski definition) is 5. The lowest BCUT2D eigenvalue weighted by atomic mass is 9.85. The van der Waals surface area contributed by atoms with Gasteiger partial charge in [-0.25, -0.2) is 4.68 Å². The maximum Gasteiger partial charge on any atom is 0.267 e. The highest BCUT2D eigenvalue weighted by Gasteiger charge is 2.30. The van der Waals surface area contributed by atoms with Crippen molar-refractivity contribution in [1.29, 1.82) is 0 Å². The lowest BCUT2D eigenvalue weighted by Gasteiger charge is -2.31. The summed E-state index contributed by atoms with van der Waals surface area (Å²) in [6.07, 6.45) is 3.62. The number of carbonyl (C=O) groups excluding carboxylic acids is 2. The number of nitrogens with one attached hydrogen (secondary N) is 1. The Hall–Kier alpha value is -3.94. The van der Waals surface area contributed by atoms with Gasteiger partial charge in [0.05, 0.1) is 12.8 Å². The molecule has 0 bridgehead atoms. The van der Waals surface area contributed by atoms with Crippen molar-refractivity contribution in [2.75, 3.05) is 13.7 Å². The van der Waals surface area contributed by atoms with E-state index in [-0.39, 0.29) is 30.0 Å². The van der Waals surface area contributed by atoms with Gasteiger partial charge in [-0.1, -0.05) is 30.3 Å². The van der Waals surface area contributed by atoms with E-state index >= 15 is 0 Å². The molecule has 1 saturated carbocycles. The SMILES string of the molecule is COc1cccc(-c2ccc(=O)n(CC(=O)NC3CCC(CN4Cc5ccccc5C4=O)CC3)n2)c1. The highest BCUT2D eigenvalue weighted by molar-refractivity contribution is 5.98. The molecule has 36 heavy (non-hydrogen) atoms. The van der Waals surface area contributed by atoms with Gasteiger partial charge in [0.25, 0.3) is 11.5 Å². The van der Waals surface area contributed by atoms with E-state index in [2.05, 4.69) is 10.4 Å². The predicted molar refractivity (Wildman–Crippen MR) is 136 cm³/mol. The second kappa shape index (κ2) is 10.4. The van der Waals surface area contributed by atoms with Crippen LogP contribution in [0.3, 0.4) is 0 Å². The summed E-state index contributed by atoms with van der Waals surface area (Å²) in [7, 11) is 1.59. The molecule has 8 nitrogen and oxygen atoms in total. The summed E-state index contributed by atoms with van der Waals surface area (Å²) < 4.78 is 6.46. The zero-order valence-corrected chi connectivity index (χ0v) is 20.4. The van der Waals surface area contributed by atoms with Crippen LogP contribution >= 0.6 is 0 Å². The lowest BCUT2D eigenvalue weighted by Crippen LogP contribution is -2.42. The van der Waals surface area contributed by atoms with Crippen LogP contribution in [0.1, 0.15) is 41.6 Å². The number of amides is 2. The Labute approximate surface area is 209 Å². The third kappa shape index (κ3) is 5.17. The minimum Gasteiger partial charge on any atom is -0.497 e. The number of carbonyl (C=O) groups is 2. The van der Waals surface area contributed by atoms with Crippen molar-refractivity contribution in [2.45, 2.75) is 44.8 Å². The van der Waals surface area contributed by atoms with E-state index in [1.807, 2.05) is 53.4 Å². The second-order valence-electron chi connectivity index (χ2n) is 9.57. The molecule has 8 heteroatoms. The Balaban J connectivity index is 1.13. The first-order valence-corrected chi connectivity index (χ1v) is 12.4. The van der Waals surface area contributed by atoms with Gasteiger partial charge in [-0.05, 0) is 61.4 Å². The van der Waals surface area contributed by atoms with Crippen molar-refractivity contribution in [3.05, 3.63) is 82.1 Å². The van der Waals surface area contributed by atoms with E-state index in [1.54, 1.807) is 13.2 Å². The average molecular weight is 487 g/mol. The minimum atomic E-state index is -0.322. The van der Waals surface area contributed by atoms with Crippen molar-refractivity contribution in [3.63, 3.8) is 0 Å². The summed E-state index contributed by atoms with van der Waals surface area (Å²) in [5.41, 5.74) is 3.00. The minimum absolute atomic E-state index is 0.0671. The van der Waals surface area contributed by atoms with Crippen molar-refractivity contribution >= 4 is 11.8 Å². The molecule has 0 unspecified atom stereocenters. The van der Waals surface area contributed by atoms with Crippen LogP contribution in [-0.4, -0.2) is 46.2 Å².